The molecule has 2 aliphatic rings. The molecule has 1 amide bonds. The Bertz CT molecular complexity index is 602. The molecule has 0 aliphatic carbocycles. The fourth-order valence-corrected chi connectivity index (χ4v) is 3.39. The Kier molecular flexibility index (Phi) is 4.34. The summed E-state index contributed by atoms with van der Waals surface area (Å²) in [6.45, 7) is 6.96. The van der Waals surface area contributed by atoms with Crippen molar-refractivity contribution in [2.24, 2.45) is 0 Å². The maximum atomic E-state index is 12.0. The van der Waals surface area contributed by atoms with Crippen LogP contribution in [0.25, 0.3) is 0 Å². The number of likely N-dealkylation sites (tertiary alicyclic amines) is 1. The minimum absolute atomic E-state index is 0.0262. The molecule has 3 heterocycles. The van der Waals surface area contributed by atoms with Gasteiger partial charge in [0.15, 0.2) is 5.82 Å². The monoisotopic (exact) mass is 322 g/mol. The van der Waals surface area contributed by atoms with Crippen molar-refractivity contribution in [1.29, 1.82) is 0 Å². The normalized spacial score (nSPS) is 28.1. The van der Waals surface area contributed by atoms with Gasteiger partial charge >= 0.3 is 5.97 Å². The number of hydrogen-bond acceptors (Lipinski definition) is 7. The number of ether oxygens (including phenoxy) is 1. The number of carbonyl (C=O) groups excluding carboxylic acids is 2. The van der Waals surface area contributed by atoms with E-state index >= 15 is 0 Å². The summed E-state index contributed by atoms with van der Waals surface area (Å²) in [5, 5.41) is 3.86. The Balaban J connectivity index is 1.65. The van der Waals surface area contributed by atoms with Crippen LogP contribution in [-0.4, -0.2) is 63.1 Å². The van der Waals surface area contributed by atoms with Gasteiger partial charge in [-0.3, -0.25) is 14.5 Å². The molecule has 8 nitrogen and oxygen atoms in total. The van der Waals surface area contributed by atoms with E-state index < -0.39 is 0 Å². The summed E-state index contributed by atoms with van der Waals surface area (Å²) in [5.74, 6) is 0.812. The van der Waals surface area contributed by atoms with Crippen LogP contribution in [-0.2, 0) is 20.9 Å². The lowest BCUT2D eigenvalue weighted by molar-refractivity contribution is -0.144. The predicted molar refractivity (Wildman–Crippen MR) is 79.2 cm³/mol. The van der Waals surface area contributed by atoms with E-state index in [1.807, 2.05) is 6.92 Å². The van der Waals surface area contributed by atoms with Crippen LogP contribution in [0, 0.1) is 6.92 Å². The molecular formula is C15H22N4O4. The average molecular weight is 322 g/mol. The lowest BCUT2D eigenvalue weighted by Crippen LogP contribution is -2.43. The van der Waals surface area contributed by atoms with E-state index in [-0.39, 0.29) is 30.1 Å². The van der Waals surface area contributed by atoms with E-state index in [1.54, 1.807) is 18.7 Å². The van der Waals surface area contributed by atoms with E-state index in [4.69, 9.17) is 9.26 Å². The molecule has 2 aliphatic heterocycles. The van der Waals surface area contributed by atoms with Crippen molar-refractivity contribution in [1.82, 2.24) is 19.9 Å². The molecule has 0 saturated carbocycles. The molecule has 0 N–H and O–H groups in total. The number of rotatable bonds is 4. The van der Waals surface area contributed by atoms with Crippen molar-refractivity contribution in [3.63, 3.8) is 0 Å². The zero-order valence-electron chi connectivity index (χ0n) is 13.7. The molecule has 1 aromatic rings. The first kappa shape index (κ1) is 15.9. The molecule has 2 fully saturated rings. The van der Waals surface area contributed by atoms with Gasteiger partial charge in [0.05, 0.1) is 6.54 Å². The fraction of sp³-hybridized carbons (Fsp3) is 0.733. The third-order valence-corrected chi connectivity index (χ3v) is 4.51. The highest BCUT2D eigenvalue weighted by Gasteiger charge is 2.41. The number of hydrogen-bond donors (Lipinski definition) is 0. The third kappa shape index (κ3) is 3.36. The molecule has 0 aromatic carbocycles. The Labute approximate surface area is 134 Å². The van der Waals surface area contributed by atoms with Gasteiger partial charge in [0.2, 0.25) is 11.8 Å². The Morgan fingerprint density at radius 2 is 2.26 bits per heavy atom. The van der Waals surface area contributed by atoms with E-state index in [0.717, 1.165) is 19.4 Å². The van der Waals surface area contributed by atoms with E-state index in [2.05, 4.69) is 15.0 Å². The van der Waals surface area contributed by atoms with Crippen molar-refractivity contribution in [2.45, 2.75) is 58.3 Å². The Morgan fingerprint density at radius 3 is 2.83 bits per heavy atom. The molecular weight excluding hydrogens is 300 g/mol. The molecule has 126 valence electrons. The van der Waals surface area contributed by atoms with Crippen molar-refractivity contribution in [2.75, 3.05) is 13.1 Å². The molecule has 0 unspecified atom stereocenters. The number of carbonyl (C=O) groups is 2. The summed E-state index contributed by atoms with van der Waals surface area (Å²) >= 11 is 0. The van der Waals surface area contributed by atoms with Gasteiger partial charge in [-0.05, 0) is 13.3 Å². The SMILES string of the molecule is CC(=O)N(Cc1noc(C)n1)[C@@H]1CCN([C@H]2C[C@H](C)OC2=O)C1. The largest absolute Gasteiger partial charge is 0.461 e. The first-order valence-corrected chi connectivity index (χ1v) is 7.95. The molecule has 23 heavy (non-hydrogen) atoms. The van der Waals surface area contributed by atoms with Crippen LogP contribution in [0.1, 0.15) is 38.4 Å². The molecule has 0 radical (unpaired) electrons. The number of nitrogens with zero attached hydrogens (tertiary/aromatic N) is 4. The lowest BCUT2D eigenvalue weighted by Gasteiger charge is -2.27. The van der Waals surface area contributed by atoms with Gasteiger partial charge < -0.3 is 14.2 Å². The highest BCUT2D eigenvalue weighted by molar-refractivity contribution is 5.78. The van der Waals surface area contributed by atoms with E-state index in [9.17, 15) is 9.59 Å². The fourth-order valence-electron chi connectivity index (χ4n) is 3.39. The summed E-state index contributed by atoms with van der Waals surface area (Å²) in [5.41, 5.74) is 0. The van der Waals surface area contributed by atoms with Gasteiger partial charge in [-0.15, -0.1) is 0 Å². The van der Waals surface area contributed by atoms with Gasteiger partial charge in [-0.25, -0.2) is 0 Å². The maximum absolute atomic E-state index is 12.0. The van der Waals surface area contributed by atoms with Crippen LogP contribution in [0.5, 0.6) is 0 Å². The molecule has 3 rings (SSSR count). The third-order valence-electron chi connectivity index (χ3n) is 4.51. The zero-order valence-corrected chi connectivity index (χ0v) is 13.7. The minimum atomic E-state index is -0.184. The zero-order chi connectivity index (χ0) is 16.6. The number of cyclic esters (lactones) is 1. The summed E-state index contributed by atoms with van der Waals surface area (Å²) in [4.78, 5) is 32.0. The van der Waals surface area contributed by atoms with E-state index in [1.165, 1.54) is 0 Å². The molecule has 2 saturated heterocycles. The number of amides is 1. The van der Waals surface area contributed by atoms with Crippen LogP contribution in [0.2, 0.25) is 0 Å². The second kappa shape index (κ2) is 6.27. The van der Waals surface area contributed by atoms with E-state index in [0.29, 0.717) is 24.8 Å². The number of esters is 1. The van der Waals surface area contributed by atoms with Crippen molar-refractivity contribution in [3.05, 3.63) is 11.7 Å². The molecule has 0 spiro atoms. The van der Waals surface area contributed by atoms with Gasteiger partial charge in [0, 0.05) is 39.4 Å². The smallest absolute Gasteiger partial charge is 0.323 e. The lowest BCUT2D eigenvalue weighted by atomic mass is 10.1. The van der Waals surface area contributed by atoms with Crippen LogP contribution >= 0.6 is 0 Å². The number of aryl methyl sites for hydroxylation is 1. The summed E-state index contributed by atoms with van der Waals surface area (Å²) in [7, 11) is 0. The first-order valence-electron chi connectivity index (χ1n) is 7.95. The Hall–Kier alpha value is -1.96. The van der Waals surface area contributed by atoms with Crippen molar-refractivity contribution < 1.29 is 18.8 Å². The molecule has 1 aromatic heterocycles. The van der Waals surface area contributed by atoms with Gasteiger partial charge in [0.1, 0.15) is 12.1 Å². The van der Waals surface area contributed by atoms with Gasteiger partial charge in [-0.1, -0.05) is 5.16 Å². The maximum Gasteiger partial charge on any atom is 0.323 e. The van der Waals surface area contributed by atoms with Crippen molar-refractivity contribution >= 4 is 11.9 Å². The highest BCUT2D eigenvalue weighted by atomic mass is 16.6. The second-order valence-corrected chi connectivity index (χ2v) is 6.31. The van der Waals surface area contributed by atoms with Crippen LogP contribution in [0.15, 0.2) is 4.52 Å². The van der Waals surface area contributed by atoms with Crippen molar-refractivity contribution in [3.8, 4) is 0 Å². The molecule has 0 bridgehead atoms. The van der Waals surface area contributed by atoms with Gasteiger partial charge in [0.25, 0.3) is 0 Å². The summed E-state index contributed by atoms with van der Waals surface area (Å²) < 4.78 is 10.2. The van der Waals surface area contributed by atoms with Crippen LogP contribution in [0.4, 0.5) is 0 Å². The Morgan fingerprint density at radius 1 is 1.48 bits per heavy atom. The molecule has 8 heteroatoms. The average Bonchev–Trinajstić information content (AvgIpc) is 3.16. The predicted octanol–water partition coefficient (Wildman–Crippen LogP) is 0.505. The highest BCUT2D eigenvalue weighted by Crippen LogP contribution is 2.26. The standard InChI is InChI=1S/C15H22N4O4/c1-9-6-13(15(21)22-9)18-5-4-12(7-18)19(11(3)20)8-14-16-10(2)23-17-14/h9,12-13H,4-8H2,1-3H3/t9-,12+,13-/m0/s1. The van der Waals surface area contributed by atoms with Gasteiger partial charge in [-0.2, -0.15) is 4.98 Å². The summed E-state index contributed by atoms with van der Waals surface area (Å²) in [6.07, 6.45) is 1.52. The van der Waals surface area contributed by atoms with Crippen LogP contribution < -0.4 is 0 Å². The number of aromatic nitrogens is 2. The van der Waals surface area contributed by atoms with Crippen LogP contribution in [0.3, 0.4) is 0 Å². The first-order chi connectivity index (χ1) is 10.9. The topological polar surface area (TPSA) is 88.8 Å². The molecule has 3 atom stereocenters. The minimum Gasteiger partial charge on any atom is -0.461 e. The second-order valence-electron chi connectivity index (χ2n) is 6.31. The quantitative estimate of drug-likeness (QED) is 0.746. The summed E-state index contributed by atoms with van der Waals surface area (Å²) in [6, 6.07) is -0.133.